The molecule has 4 rings (SSSR count). The summed E-state index contributed by atoms with van der Waals surface area (Å²) < 4.78 is 5.30. The Morgan fingerprint density at radius 3 is 2.57 bits per heavy atom. The summed E-state index contributed by atoms with van der Waals surface area (Å²) in [6.07, 6.45) is 0.194. The highest BCUT2D eigenvalue weighted by Crippen LogP contribution is 2.43. The van der Waals surface area contributed by atoms with Crippen LogP contribution in [0.25, 0.3) is 0 Å². The maximum Gasteiger partial charge on any atom is 0.311 e. The van der Waals surface area contributed by atoms with Gasteiger partial charge < -0.3 is 4.74 Å². The van der Waals surface area contributed by atoms with Crippen molar-refractivity contribution in [1.82, 2.24) is 0 Å². The molecule has 0 fully saturated rings. The molecule has 6 heteroatoms. The summed E-state index contributed by atoms with van der Waals surface area (Å²) in [6, 6.07) is 21.5. The number of benzene rings is 2. The van der Waals surface area contributed by atoms with Crippen LogP contribution in [-0.4, -0.2) is 24.2 Å². The molecule has 0 spiro atoms. The SMILES string of the molecule is O=C(Cc1cccs1)OCC(=O)N1c2ccccc2SC[C@@H]1c1ccccc1. The Bertz CT molecular complexity index is 957. The van der Waals surface area contributed by atoms with Gasteiger partial charge in [-0.05, 0) is 29.1 Å². The third-order valence-electron chi connectivity index (χ3n) is 4.54. The van der Waals surface area contributed by atoms with Crippen LogP contribution in [0, 0.1) is 0 Å². The second kappa shape index (κ2) is 8.63. The van der Waals surface area contributed by atoms with Gasteiger partial charge in [-0.15, -0.1) is 23.1 Å². The fourth-order valence-electron chi connectivity index (χ4n) is 3.24. The predicted molar refractivity (Wildman–Crippen MR) is 113 cm³/mol. The van der Waals surface area contributed by atoms with Gasteiger partial charge in [0.1, 0.15) is 0 Å². The van der Waals surface area contributed by atoms with Gasteiger partial charge >= 0.3 is 5.97 Å². The Morgan fingerprint density at radius 1 is 1.00 bits per heavy atom. The zero-order valence-corrected chi connectivity index (χ0v) is 16.7. The lowest BCUT2D eigenvalue weighted by Gasteiger charge is -2.37. The van der Waals surface area contributed by atoms with Crippen molar-refractivity contribution < 1.29 is 14.3 Å². The maximum absolute atomic E-state index is 13.1. The molecule has 2 heterocycles. The molecule has 0 N–H and O–H groups in total. The van der Waals surface area contributed by atoms with E-state index < -0.39 is 0 Å². The first-order valence-corrected chi connectivity index (χ1v) is 10.9. The number of hydrogen-bond donors (Lipinski definition) is 0. The van der Waals surface area contributed by atoms with E-state index in [0.29, 0.717) is 0 Å². The second-order valence-corrected chi connectivity index (χ2v) is 8.48. The summed E-state index contributed by atoms with van der Waals surface area (Å²) in [4.78, 5) is 29.0. The van der Waals surface area contributed by atoms with Crippen molar-refractivity contribution in [2.75, 3.05) is 17.3 Å². The first-order chi connectivity index (χ1) is 13.7. The normalized spacial score (nSPS) is 15.7. The molecule has 0 saturated carbocycles. The quantitative estimate of drug-likeness (QED) is 0.573. The Labute approximate surface area is 172 Å². The molecule has 1 aliphatic heterocycles. The van der Waals surface area contributed by atoms with Crippen LogP contribution in [0.5, 0.6) is 0 Å². The fraction of sp³-hybridized carbons (Fsp3) is 0.182. The highest BCUT2D eigenvalue weighted by atomic mass is 32.2. The summed E-state index contributed by atoms with van der Waals surface area (Å²) in [5.41, 5.74) is 1.94. The second-order valence-electron chi connectivity index (χ2n) is 6.39. The van der Waals surface area contributed by atoms with E-state index in [4.69, 9.17) is 4.74 Å². The number of fused-ring (bicyclic) bond motifs is 1. The minimum atomic E-state index is -0.383. The number of hydrogen-bond acceptors (Lipinski definition) is 5. The summed E-state index contributed by atoms with van der Waals surface area (Å²) in [5.74, 6) is 0.170. The number of esters is 1. The largest absolute Gasteiger partial charge is 0.455 e. The summed E-state index contributed by atoms with van der Waals surface area (Å²) in [7, 11) is 0. The molecule has 0 bridgehead atoms. The number of ether oxygens (including phenoxy) is 1. The van der Waals surface area contributed by atoms with Crippen LogP contribution in [0.15, 0.2) is 77.0 Å². The van der Waals surface area contributed by atoms with Crippen molar-refractivity contribution in [2.45, 2.75) is 17.4 Å². The summed E-state index contributed by atoms with van der Waals surface area (Å²) >= 11 is 3.24. The van der Waals surface area contributed by atoms with Crippen LogP contribution in [0.2, 0.25) is 0 Å². The number of amides is 1. The zero-order chi connectivity index (χ0) is 19.3. The van der Waals surface area contributed by atoms with Crippen LogP contribution in [-0.2, 0) is 20.7 Å². The minimum absolute atomic E-state index is 0.0930. The van der Waals surface area contributed by atoms with Gasteiger partial charge in [0.25, 0.3) is 5.91 Å². The summed E-state index contributed by atoms with van der Waals surface area (Å²) in [5, 5.41) is 1.92. The number of nitrogens with zero attached hydrogens (tertiary/aromatic N) is 1. The van der Waals surface area contributed by atoms with E-state index in [-0.39, 0.29) is 30.9 Å². The Kier molecular flexibility index (Phi) is 5.78. The molecule has 3 aromatic rings. The fourth-order valence-corrected chi connectivity index (χ4v) is 5.09. The van der Waals surface area contributed by atoms with Crippen molar-refractivity contribution in [3.05, 3.63) is 82.6 Å². The smallest absolute Gasteiger partial charge is 0.311 e. The van der Waals surface area contributed by atoms with E-state index in [1.165, 1.54) is 11.3 Å². The van der Waals surface area contributed by atoms with Crippen molar-refractivity contribution in [3.8, 4) is 0 Å². The number of carbonyl (C=O) groups is 2. The highest BCUT2D eigenvalue weighted by molar-refractivity contribution is 7.99. The van der Waals surface area contributed by atoms with E-state index in [0.717, 1.165) is 26.8 Å². The van der Waals surface area contributed by atoms with Crippen molar-refractivity contribution in [3.63, 3.8) is 0 Å². The Morgan fingerprint density at radius 2 is 1.79 bits per heavy atom. The molecule has 0 radical (unpaired) electrons. The summed E-state index contributed by atoms with van der Waals surface area (Å²) in [6.45, 7) is -0.257. The number of para-hydroxylation sites is 1. The van der Waals surface area contributed by atoms with Gasteiger partial charge in [-0.2, -0.15) is 0 Å². The highest BCUT2D eigenvalue weighted by Gasteiger charge is 2.32. The lowest BCUT2D eigenvalue weighted by Crippen LogP contribution is -2.41. The van der Waals surface area contributed by atoms with Gasteiger partial charge in [0.15, 0.2) is 6.61 Å². The van der Waals surface area contributed by atoms with Crippen LogP contribution in [0.4, 0.5) is 5.69 Å². The van der Waals surface area contributed by atoms with Crippen molar-refractivity contribution in [2.24, 2.45) is 0 Å². The first kappa shape index (κ1) is 18.8. The minimum Gasteiger partial charge on any atom is -0.455 e. The van der Waals surface area contributed by atoms with Gasteiger partial charge in [0, 0.05) is 15.5 Å². The molecule has 2 aromatic carbocycles. The van der Waals surface area contributed by atoms with E-state index >= 15 is 0 Å². The molecular weight excluding hydrogens is 390 g/mol. The molecule has 28 heavy (non-hydrogen) atoms. The molecule has 1 aromatic heterocycles. The van der Waals surface area contributed by atoms with Crippen LogP contribution in [0.1, 0.15) is 16.5 Å². The average molecular weight is 410 g/mol. The predicted octanol–water partition coefficient (Wildman–Crippen LogP) is 4.71. The molecule has 1 amide bonds. The third-order valence-corrected chi connectivity index (χ3v) is 6.56. The lowest BCUT2D eigenvalue weighted by molar-refractivity contribution is -0.147. The zero-order valence-electron chi connectivity index (χ0n) is 15.1. The van der Waals surface area contributed by atoms with E-state index in [1.807, 2.05) is 72.1 Å². The average Bonchev–Trinajstić information content (AvgIpc) is 3.24. The third kappa shape index (κ3) is 4.13. The van der Waals surface area contributed by atoms with Crippen LogP contribution >= 0.6 is 23.1 Å². The number of anilines is 1. The van der Waals surface area contributed by atoms with Crippen LogP contribution in [0.3, 0.4) is 0 Å². The van der Waals surface area contributed by atoms with Crippen molar-refractivity contribution >= 4 is 40.7 Å². The van der Waals surface area contributed by atoms with Gasteiger partial charge in [-0.25, -0.2) is 0 Å². The molecule has 1 aliphatic rings. The number of thioether (sulfide) groups is 1. The Hall–Kier alpha value is -2.57. The van der Waals surface area contributed by atoms with E-state index in [1.54, 1.807) is 16.7 Å². The lowest BCUT2D eigenvalue weighted by atomic mass is 10.1. The number of carbonyl (C=O) groups excluding carboxylic acids is 2. The first-order valence-electron chi connectivity index (χ1n) is 8.99. The monoisotopic (exact) mass is 409 g/mol. The molecule has 4 nitrogen and oxygen atoms in total. The van der Waals surface area contributed by atoms with E-state index in [2.05, 4.69) is 0 Å². The molecule has 0 saturated heterocycles. The molecule has 0 unspecified atom stereocenters. The topological polar surface area (TPSA) is 46.6 Å². The van der Waals surface area contributed by atoms with Crippen LogP contribution < -0.4 is 4.90 Å². The van der Waals surface area contributed by atoms with Gasteiger partial charge in [-0.3, -0.25) is 14.5 Å². The van der Waals surface area contributed by atoms with Gasteiger partial charge in [-0.1, -0.05) is 48.5 Å². The Balaban J connectivity index is 1.53. The number of rotatable bonds is 5. The van der Waals surface area contributed by atoms with E-state index in [9.17, 15) is 9.59 Å². The number of thiophene rings is 1. The molecular formula is C22H19NO3S2. The molecule has 1 atom stereocenters. The maximum atomic E-state index is 13.1. The van der Waals surface area contributed by atoms with Gasteiger partial charge in [0.2, 0.25) is 0 Å². The molecule has 0 aliphatic carbocycles. The molecule has 142 valence electrons. The van der Waals surface area contributed by atoms with Gasteiger partial charge in [0.05, 0.1) is 18.2 Å². The standard InChI is InChI=1S/C22H19NO3S2/c24-21(14-26-22(25)13-17-9-6-12-27-17)23-18-10-4-5-11-20(18)28-15-19(23)16-7-2-1-3-8-16/h1-12,19H,13-15H2/t19-/m1/s1. The van der Waals surface area contributed by atoms with Crippen molar-refractivity contribution in [1.29, 1.82) is 0 Å².